The lowest BCUT2D eigenvalue weighted by Crippen LogP contribution is -2.31. The Morgan fingerprint density at radius 2 is 1.65 bits per heavy atom. The predicted molar refractivity (Wildman–Crippen MR) is 134 cm³/mol. The number of hydrogen-bond donors (Lipinski definition) is 2. The van der Waals surface area contributed by atoms with E-state index in [0.29, 0.717) is 22.9 Å². The minimum atomic E-state index is -3.71. The van der Waals surface area contributed by atoms with Gasteiger partial charge in [-0.05, 0) is 66.8 Å². The summed E-state index contributed by atoms with van der Waals surface area (Å²) in [6.07, 6.45) is 2.30. The minimum absolute atomic E-state index is 0.0548. The van der Waals surface area contributed by atoms with Crippen molar-refractivity contribution in [2.75, 3.05) is 4.72 Å². The molecule has 1 heterocycles. The second-order valence-electron chi connectivity index (χ2n) is 9.17. The van der Waals surface area contributed by atoms with Gasteiger partial charge in [-0.15, -0.1) is 0 Å². The van der Waals surface area contributed by atoms with Crippen molar-refractivity contribution in [3.63, 3.8) is 0 Å². The van der Waals surface area contributed by atoms with Crippen molar-refractivity contribution in [1.29, 1.82) is 0 Å². The lowest BCUT2D eigenvalue weighted by atomic mass is 9.87. The zero-order valence-electron chi connectivity index (χ0n) is 20.1. The van der Waals surface area contributed by atoms with Crippen LogP contribution in [0.25, 0.3) is 0 Å². The molecular formula is C26H31N3O4S. The first-order valence-corrected chi connectivity index (χ1v) is 12.6. The Hall–Kier alpha value is -3.39. The molecule has 2 N–H and O–H groups in total. The largest absolute Gasteiger partial charge is 0.439 e. The average molecular weight is 482 g/mol. The number of carbonyl (C=O) groups is 1. The molecule has 34 heavy (non-hydrogen) atoms. The molecule has 1 aromatic heterocycles. The molecule has 7 nitrogen and oxygen atoms in total. The predicted octanol–water partition coefficient (Wildman–Crippen LogP) is 5.50. The number of hydrogen-bond acceptors (Lipinski definition) is 5. The van der Waals surface area contributed by atoms with E-state index < -0.39 is 10.0 Å². The minimum Gasteiger partial charge on any atom is -0.439 e. The van der Waals surface area contributed by atoms with Gasteiger partial charge < -0.3 is 10.1 Å². The highest BCUT2D eigenvalue weighted by molar-refractivity contribution is 7.92. The Morgan fingerprint density at radius 3 is 2.18 bits per heavy atom. The summed E-state index contributed by atoms with van der Waals surface area (Å²) in [7, 11) is -3.71. The van der Waals surface area contributed by atoms with E-state index in [2.05, 4.69) is 35.8 Å². The number of rotatable bonds is 8. The summed E-state index contributed by atoms with van der Waals surface area (Å²) < 4.78 is 33.7. The van der Waals surface area contributed by atoms with Crippen LogP contribution in [0.1, 0.15) is 57.0 Å². The van der Waals surface area contributed by atoms with Crippen molar-refractivity contribution < 1.29 is 17.9 Å². The fourth-order valence-corrected chi connectivity index (χ4v) is 4.10. The first-order chi connectivity index (χ1) is 16.0. The van der Waals surface area contributed by atoms with Gasteiger partial charge in [0.25, 0.3) is 15.9 Å². The Morgan fingerprint density at radius 1 is 1.00 bits per heavy atom. The molecule has 3 rings (SSSR count). The third-order valence-electron chi connectivity index (χ3n) is 5.35. The molecule has 0 aliphatic rings. The van der Waals surface area contributed by atoms with Crippen molar-refractivity contribution in [2.24, 2.45) is 0 Å². The highest BCUT2D eigenvalue weighted by Crippen LogP contribution is 2.26. The molecule has 0 aliphatic heterocycles. The molecule has 1 atom stereocenters. The Labute approximate surface area is 201 Å². The van der Waals surface area contributed by atoms with E-state index in [1.165, 1.54) is 6.20 Å². The van der Waals surface area contributed by atoms with Crippen LogP contribution in [0.15, 0.2) is 71.8 Å². The number of carbonyl (C=O) groups excluding carboxylic acids is 1. The molecule has 0 radical (unpaired) electrons. The number of pyridine rings is 1. The Balaban J connectivity index is 1.63. The monoisotopic (exact) mass is 481 g/mol. The first-order valence-electron chi connectivity index (χ1n) is 11.2. The highest BCUT2D eigenvalue weighted by atomic mass is 32.2. The second kappa shape index (κ2) is 10.3. The summed E-state index contributed by atoms with van der Waals surface area (Å²) in [5.74, 6) is 0.632. The van der Waals surface area contributed by atoms with E-state index in [1.54, 1.807) is 48.5 Å². The molecule has 0 fully saturated rings. The molecule has 2 aromatic carbocycles. The van der Waals surface area contributed by atoms with Crippen LogP contribution in [0.2, 0.25) is 0 Å². The fraction of sp³-hybridized carbons (Fsp3) is 0.308. The quantitative estimate of drug-likeness (QED) is 0.443. The van der Waals surface area contributed by atoms with Crippen LogP contribution in [-0.2, 0) is 15.4 Å². The van der Waals surface area contributed by atoms with Gasteiger partial charge in [-0.2, -0.15) is 0 Å². The fourth-order valence-electron chi connectivity index (χ4n) is 3.04. The summed E-state index contributed by atoms with van der Waals surface area (Å²) in [5.41, 5.74) is 1.87. The Kier molecular flexibility index (Phi) is 7.61. The number of anilines is 1. The lowest BCUT2D eigenvalue weighted by molar-refractivity contribution is 0.0939. The smallest absolute Gasteiger partial charge is 0.261 e. The lowest BCUT2D eigenvalue weighted by Gasteiger charge is -2.19. The molecule has 0 saturated heterocycles. The average Bonchev–Trinajstić information content (AvgIpc) is 2.80. The standard InChI is InChI=1S/C26H31N3O4S/c1-6-18(2)28-25(30)19-7-16-24(27-17-19)33-22-12-10-21(11-13-22)29-34(31,32)23-14-8-20(9-15-23)26(3,4)5/h7-18,29H,6H2,1-5H3,(H,28,30)/t18-/m1/s1. The first kappa shape index (κ1) is 25.2. The number of nitrogens with one attached hydrogen (secondary N) is 2. The molecule has 0 unspecified atom stereocenters. The van der Waals surface area contributed by atoms with Crippen LogP contribution in [-0.4, -0.2) is 25.4 Å². The van der Waals surface area contributed by atoms with Gasteiger partial charge >= 0.3 is 0 Å². The summed E-state index contributed by atoms with van der Waals surface area (Å²) in [4.78, 5) is 16.5. The molecule has 8 heteroatoms. The third-order valence-corrected chi connectivity index (χ3v) is 6.75. The molecule has 1 amide bonds. The molecule has 180 valence electrons. The number of benzene rings is 2. The van der Waals surface area contributed by atoms with Crippen LogP contribution >= 0.6 is 0 Å². The molecule has 0 bridgehead atoms. The summed E-state index contributed by atoms with van der Waals surface area (Å²) >= 11 is 0. The van der Waals surface area contributed by atoms with Gasteiger partial charge in [0.05, 0.1) is 10.5 Å². The molecule has 0 saturated carbocycles. The van der Waals surface area contributed by atoms with Crippen LogP contribution in [0, 0.1) is 0 Å². The maximum Gasteiger partial charge on any atom is 0.261 e. The normalized spacial score (nSPS) is 12.6. The molecule has 3 aromatic rings. The van der Waals surface area contributed by atoms with Crippen LogP contribution in [0.4, 0.5) is 5.69 Å². The SMILES string of the molecule is CC[C@@H](C)NC(=O)c1ccc(Oc2ccc(NS(=O)(=O)c3ccc(C(C)(C)C)cc3)cc2)nc1. The number of ether oxygens (including phenoxy) is 1. The topological polar surface area (TPSA) is 97.4 Å². The summed E-state index contributed by atoms with van der Waals surface area (Å²) in [6.45, 7) is 10.2. The van der Waals surface area contributed by atoms with Gasteiger partial charge in [0.2, 0.25) is 5.88 Å². The zero-order chi connectivity index (χ0) is 24.9. The van der Waals surface area contributed by atoms with E-state index in [9.17, 15) is 13.2 Å². The molecular weight excluding hydrogens is 450 g/mol. The van der Waals surface area contributed by atoms with E-state index in [-0.39, 0.29) is 22.3 Å². The van der Waals surface area contributed by atoms with Gasteiger partial charge in [0.15, 0.2) is 0 Å². The summed E-state index contributed by atoms with van der Waals surface area (Å²) in [6, 6.07) is 16.7. The number of aromatic nitrogens is 1. The van der Waals surface area contributed by atoms with Crippen LogP contribution in [0.5, 0.6) is 11.6 Å². The third kappa shape index (κ3) is 6.57. The highest BCUT2D eigenvalue weighted by Gasteiger charge is 2.18. The van der Waals surface area contributed by atoms with Gasteiger partial charge in [-0.1, -0.05) is 39.8 Å². The van der Waals surface area contributed by atoms with Gasteiger partial charge in [0, 0.05) is 24.0 Å². The molecule has 0 spiro atoms. The maximum absolute atomic E-state index is 12.7. The molecule has 0 aliphatic carbocycles. The number of amides is 1. The van der Waals surface area contributed by atoms with Crippen LogP contribution < -0.4 is 14.8 Å². The van der Waals surface area contributed by atoms with E-state index >= 15 is 0 Å². The van der Waals surface area contributed by atoms with Crippen LogP contribution in [0.3, 0.4) is 0 Å². The van der Waals surface area contributed by atoms with Gasteiger partial charge in [0.1, 0.15) is 5.75 Å². The van der Waals surface area contributed by atoms with Crippen molar-refractivity contribution in [1.82, 2.24) is 10.3 Å². The van der Waals surface area contributed by atoms with Crippen molar-refractivity contribution in [3.05, 3.63) is 78.0 Å². The number of nitrogens with zero attached hydrogens (tertiary/aromatic N) is 1. The second-order valence-corrected chi connectivity index (χ2v) is 10.9. The van der Waals surface area contributed by atoms with Crippen molar-refractivity contribution in [2.45, 2.75) is 57.4 Å². The number of sulfonamides is 1. The van der Waals surface area contributed by atoms with E-state index in [4.69, 9.17) is 4.74 Å². The zero-order valence-corrected chi connectivity index (χ0v) is 20.9. The van der Waals surface area contributed by atoms with E-state index in [1.807, 2.05) is 26.0 Å². The summed E-state index contributed by atoms with van der Waals surface area (Å²) in [5, 5.41) is 2.88. The maximum atomic E-state index is 12.7. The van der Waals surface area contributed by atoms with Gasteiger partial charge in [-0.25, -0.2) is 13.4 Å². The Bertz CT molecular complexity index is 1220. The van der Waals surface area contributed by atoms with Crippen molar-refractivity contribution >= 4 is 21.6 Å². The van der Waals surface area contributed by atoms with Gasteiger partial charge in [-0.3, -0.25) is 9.52 Å². The van der Waals surface area contributed by atoms with E-state index in [0.717, 1.165) is 12.0 Å². The van der Waals surface area contributed by atoms with Crippen molar-refractivity contribution in [3.8, 4) is 11.6 Å².